The molecule has 182 valence electrons. The highest BCUT2D eigenvalue weighted by Crippen LogP contribution is 2.43. The maximum Gasteiger partial charge on any atom is 0.313 e. The summed E-state index contributed by atoms with van der Waals surface area (Å²) < 4.78 is 5.78. The lowest BCUT2D eigenvalue weighted by Gasteiger charge is -2.33. The summed E-state index contributed by atoms with van der Waals surface area (Å²) in [6.07, 6.45) is 13.8. The van der Waals surface area contributed by atoms with Crippen molar-refractivity contribution in [2.75, 3.05) is 0 Å². The van der Waals surface area contributed by atoms with E-state index in [1.807, 2.05) is 26.8 Å². The van der Waals surface area contributed by atoms with Crippen molar-refractivity contribution in [2.24, 2.45) is 5.92 Å². The molecule has 0 aliphatic heterocycles. The summed E-state index contributed by atoms with van der Waals surface area (Å²) in [6, 6.07) is 12.9. The maximum atomic E-state index is 13.0. The van der Waals surface area contributed by atoms with Gasteiger partial charge in [0, 0.05) is 24.0 Å². The van der Waals surface area contributed by atoms with Gasteiger partial charge in [-0.3, -0.25) is 9.78 Å². The van der Waals surface area contributed by atoms with Gasteiger partial charge in [0.2, 0.25) is 0 Å². The number of hydrogen-bond acceptors (Lipinski definition) is 5. The Hall–Kier alpha value is -3.86. The monoisotopic (exact) mass is 477 g/mol. The lowest BCUT2D eigenvalue weighted by atomic mass is 9.73. The largest absolute Gasteiger partial charge is 0.459 e. The molecule has 0 radical (unpaired) electrons. The van der Waals surface area contributed by atoms with Crippen molar-refractivity contribution in [3.8, 4) is 0 Å². The molecule has 6 rings (SSSR count). The molecule has 0 spiro atoms. The van der Waals surface area contributed by atoms with Crippen molar-refractivity contribution in [1.82, 2.24) is 15.0 Å². The normalized spacial score (nSPS) is 16.7. The molecular formula is C31H31N3O2. The second kappa shape index (κ2) is 9.65. The molecule has 0 fully saturated rings. The molecular weight excluding hydrogens is 446 g/mol. The van der Waals surface area contributed by atoms with Crippen LogP contribution in [0.5, 0.6) is 0 Å². The molecule has 5 nitrogen and oxygen atoms in total. The van der Waals surface area contributed by atoms with Crippen LogP contribution in [0.2, 0.25) is 0 Å². The molecule has 2 aromatic carbocycles. The first-order chi connectivity index (χ1) is 17.3. The standard InChI is InChI=1S/C24H26O2.C7H5N3/c1-15-9-11-17-16(13-15)10-12-20-18-7-5-6-8-19(18)22(14-21(17)20)23(25)26-24(2,3)4;1-2-8-3-6-4-9-5-10-7(1)6/h5,7,9-13,22H,6,8,14H2,1-4H3;1-5H. The molecule has 36 heavy (non-hydrogen) atoms. The van der Waals surface area contributed by atoms with Gasteiger partial charge in [0.1, 0.15) is 11.9 Å². The molecule has 2 aliphatic carbocycles. The smallest absolute Gasteiger partial charge is 0.313 e. The third-order valence-electron chi connectivity index (χ3n) is 6.61. The van der Waals surface area contributed by atoms with E-state index in [0.29, 0.717) is 0 Å². The van der Waals surface area contributed by atoms with Crippen molar-refractivity contribution < 1.29 is 9.53 Å². The quantitative estimate of drug-likeness (QED) is 0.282. The van der Waals surface area contributed by atoms with Crippen molar-refractivity contribution >= 4 is 33.2 Å². The maximum absolute atomic E-state index is 13.0. The Morgan fingerprint density at radius 3 is 2.67 bits per heavy atom. The number of benzene rings is 2. The fourth-order valence-corrected chi connectivity index (χ4v) is 5.04. The third kappa shape index (κ3) is 4.92. The van der Waals surface area contributed by atoms with Crippen LogP contribution in [0, 0.1) is 12.8 Å². The van der Waals surface area contributed by atoms with Crippen molar-refractivity contribution in [3.63, 3.8) is 0 Å². The zero-order valence-electron chi connectivity index (χ0n) is 21.3. The summed E-state index contributed by atoms with van der Waals surface area (Å²) >= 11 is 0. The highest BCUT2D eigenvalue weighted by molar-refractivity contribution is 5.97. The van der Waals surface area contributed by atoms with Crippen LogP contribution < -0.4 is 0 Å². The summed E-state index contributed by atoms with van der Waals surface area (Å²) in [4.78, 5) is 24.8. The van der Waals surface area contributed by atoms with Crippen LogP contribution in [-0.4, -0.2) is 26.5 Å². The average Bonchev–Trinajstić information content (AvgIpc) is 2.87. The minimum absolute atomic E-state index is 0.0879. The van der Waals surface area contributed by atoms with Crippen molar-refractivity contribution in [1.29, 1.82) is 0 Å². The SMILES string of the molecule is Cc1ccc2c3c(ccc2c1)C1=C(CCC=C1)C(C(=O)OC(C)(C)C)C3.c1cc2ncncc2cn1. The summed E-state index contributed by atoms with van der Waals surface area (Å²) in [5.41, 5.74) is 6.78. The van der Waals surface area contributed by atoms with Crippen LogP contribution in [0.25, 0.3) is 27.2 Å². The van der Waals surface area contributed by atoms with Crippen molar-refractivity contribution in [3.05, 3.63) is 95.7 Å². The summed E-state index contributed by atoms with van der Waals surface area (Å²) in [5, 5.41) is 3.48. The van der Waals surface area contributed by atoms with Crippen LogP contribution in [0.1, 0.15) is 50.3 Å². The molecule has 0 amide bonds. The van der Waals surface area contributed by atoms with Crippen LogP contribution in [0.4, 0.5) is 0 Å². The van der Waals surface area contributed by atoms with E-state index in [-0.39, 0.29) is 11.9 Å². The van der Waals surface area contributed by atoms with E-state index < -0.39 is 5.60 Å². The molecule has 2 aliphatic rings. The van der Waals surface area contributed by atoms with Crippen LogP contribution in [0.15, 0.2) is 79.0 Å². The molecule has 1 atom stereocenters. The highest BCUT2D eigenvalue weighted by atomic mass is 16.6. The number of pyridine rings is 1. The first kappa shape index (κ1) is 23.9. The third-order valence-corrected chi connectivity index (χ3v) is 6.61. The van der Waals surface area contributed by atoms with E-state index in [2.05, 4.69) is 64.4 Å². The molecule has 1 unspecified atom stereocenters. The van der Waals surface area contributed by atoms with Gasteiger partial charge in [0.15, 0.2) is 0 Å². The summed E-state index contributed by atoms with van der Waals surface area (Å²) in [5.74, 6) is -0.261. The molecule has 5 heteroatoms. The number of hydrogen-bond donors (Lipinski definition) is 0. The summed E-state index contributed by atoms with van der Waals surface area (Å²) in [7, 11) is 0. The predicted octanol–water partition coefficient (Wildman–Crippen LogP) is 6.79. The zero-order chi connectivity index (χ0) is 25.3. The number of allylic oxidation sites excluding steroid dienone is 3. The van der Waals surface area contributed by atoms with E-state index in [1.54, 1.807) is 18.6 Å². The number of rotatable bonds is 1. The van der Waals surface area contributed by atoms with Gasteiger partial charge in [-0.05, 0) is 86.1 Å². The number of carbonyl (C=O) groups is 1. The number of aromatic nitrogens is 3. The molecule has 2 heterocycles. The van der Waals surface area contributed by atoms with Gasteiger partial charge < -0.3 is 4.74 Å². The lowest BCUT2D eigenvalue weighted by molar-refractivity contribution is -0.158. The number of aryl methyl sites for hydroxylation is 1. The molecule has 0 bridgehead atoms. The molecule has 0 N–H and O–H groups in total. The van der Waals surface area contributed by atoms with E-state index in [9.17, 15) is 4.79 Å². The highest BCUT2D eigenvalue weighted by Gasteiger charge is 2.35. The van der Waals surface area contributed by atoms with Crippen LogP contribution in [-0.2, 0) is 16.0 Å². The van der Waals surface area contributed by atoms with Gasteiger partial charge in [0.05, 0.1) is 11.4 Å². The molecule has 0 saturated heterocycles. The van der Waals surface area contributed by atoms with Gasteiger partial charge in [-0.2, -0.15) is 0 Å². The average molecular weight is 478 g/mol. The first-order valence-electron chi connectivity index (χ1n) is 12.4. The minimum atomic E-state index is -0.460. The first-order valence-corrected chi connectivity index (χ1v) is 12.4. The Morgan fingerprint density at radius 1 is 1.03 bits per heavy atom. The minimum Gasteiger partial charge on any atom is -0.459 e. The number of nitrogens with zero attached hydrogens (tertiary/aromatic N) is 3. The topological polar surface area (TPSA) is 65.0 Å². The molecule has 4 aromatic rings. The number of fused-ring (bicyclic) bond motifs is 5. The Bertz CT molecular complexity index is 1450. The van der Waals surface area contributed by atoms with Gasteiger partial charge >= 0.3 is 5.97 Å². The molecule has 2 aromatic heterocycles. The summed E-state index contributed by atoms with van der Waals surface area (Å²) in [6.45, 7) is 7.94. The van der Waals surface area contributed by atoms with Gasteiger partial charge in [-0.25, -0.2) is 9.97 Å². The Kier molecular flexibility index (Phi) is 6.40. The predicted molar refractivity (Wildman–Crippen MR) is 144 cm³/mol. The Balaban J connectivity index is 0.000000222. The fraction of sp³-hybridized carbons (Fsp3) is 0.290. The Morgan fingerprint density at radius 2 is 1.86 bits per heavy atom. The number of carbonyl (C=O) groups excluding carboxylic acids is 1. The second-order valence-corrected chi connectivity index (χ2v) is 10.4. The zero-order valence-corrected chi connectivity index (χ0v) is 21.3. The van der Waals surface area contributed by atoms with Gasteiger partial charge in [0.25, 0.3) is 0 Å². The van der Waals surface area contributed by atoms with Gasteiger partial charge in [-0.15, -0.1) is 0 Å². The number of ether oxygens (including phenoxy) is 1. The lowest BCUT2D eigenvalue weighted by Crippen LogP contribution is -2.33. The van der Waals surface area contributed by atoms with Crippen LogP contribution in [0.3, 0.4) is 0 Å². The second-order valence-electron chi connectivity index (χ2n) is 10.4. The van der Waals surface area contributed by atoms with E-state index in [0.717, 1.165) is 30.2 Å². The van der Waals surface area contributed by atoms with E-state index in [4.69, 9.17) is 4.74 Å². The Labute approximate surface area is 212 Å². The van der Waals surface area contributed by atoms with E-state index >= 15 is 0 Å². The van der Waals surface area contributed by atoms with Crippen LogP contribution >= 0.6 is 0 Å². The van der Waals surface area contributed by atoms with E-state index in [1.165, 1.54) is 44.9 Å². The molecule has 0 saturated carbocycles. The number of esters is 1. The van der Waals surface area contributed by atoms with Gasteiger partial charge in [-0.1, -0.05) is 48.0 Å². The van der Waals surface area contributed by atoms with Crippen molar-refractivity contribution in [2.45, 2.75) is 52.6 Å². The fourth-order valence-electron chi connectivity index (χ4n) is 5.04.